The normalized spacial score (nSPS) is 28.3. The fraction of sp³-hybridized carbons (Fsp3) is 1.00. The molecule has 3 nitrogen and oxygen atoms in total. The van der Waals surface area contributed by atoms with Gasteiger partial charge in [0.2, 0.25) is 0 Å². The summed E-state index contributed by atoms with van der Waals surface area (Å²) in [5.74, 6) is 0. The van der Waals surface area contributed by atoms with Crippen molar-refractivity contribution in [3.8, 4) is 0 Å². The molecule has 1 aliphatic heterocycles. The van der Waals surface area contributed by atoms with E-state index in [4.69, 9.17) is 15.2 Å². The van der Waals surface area contributed by atoms with E-state index in [0.717, 1.165) is 26.2 Å². The molecule has 0 aromatic carbocycles. The molecule has 0 aromatic rings. The largest absolute Gasteiger partial charge is 0.376 e. The van der Waals surface area contributed by atoms with Gasteiger partial charge in [-0.2, -0.15) is 0 Å². The van der Waals surface area contributed by atoms with Crippen molar-refractivity contribution in [3.05, 3.63) is 0 Å². The average molecular weight is 131 g/mol. The predicted octanol–water partition coefficient (Wildman–Crippen LogP) is -0.249. The van der Waals surface area contributed by atoms with Gasteiger partial charge in [-0.05, 0) is 13.0 Å². The standard InChI is InChI=1S/C6H13NO2/c7-2-1-6-5-8-3-4-9-6/h6H,1-5,7H2/t6-/m1/s1. The lowest BCUT2D eigenvalue weighted by Gasteiger charge is -2.21. The van der Waals surface area contributed by atoms with Crippen LogP contribution in [-0.2, 0) is 9.47 Å². The van der Waals surface area contributed by atoms with E-state index in [-0.39, 0.29) is 6.10 Å². The van der Waals surface area contributed by atoms with Crippen molar-refractivity contribution in [2.24, 2.45) is 5.73 Å². The summed E-state index contributed by atoms with van der Waals surface area (Å²) in [6, 6.07) is 0. The fourth-order valence-electron chi connectivity index (χ4n) is 0.889. The molecule has 1 atom stereocenters. The van der Waals surface area contributed by atoms with Crippen molar-refractivity contribution in [3.63, 3.8) is 0 Å². The van der Waals surface area contributed by atoms with Crippen LogP contribution in [0, 0.1) is 0 Å². The van der Waals surface area contributed by atoms with Crippen molar-refractivity contribution in [1.29, 1.82) is 0 Å². The fourth-order valence-corrected chi connectivity index (χ4v) is 0.889. The molecule has 0 saturated carbocycles. The van der Waals surface area contributed by atoms with Crippen molar-refractivity contribution in [2.45, 2.75) is 12.5 Å². The van der Waals surface area contributed by atoms with Crippen molar-refractivity contribution >= 4 is 0 Å². The van der Waals surface area contributed by atoms with Crippen molar-refractivity contribution < 1.29 is 9.47 Å². The smallest absolute Gasteiger partial charge is 0.0821 e. The maximum absolute atomic E-state index is 5.32. The lowest BCUT2D eigenvalue weighted by atomic mass is 10.2. The van der Waals surface area contributed by atoms with Crippen LogP contribution < -0.4 is 5.73 Å². The first-order chi connectivity index (χ1) is 4.43. The number of nitrogens with two attached hydrogens (primary N) is 1. The van der Waals surface area contributed by atoms with Gasteiger partial charge in [-0.25, -0.2) is 0 Å². The Labute approximate surface area is 55.1 Å². The van der Waals surface area contributed by atoms with E-state index in [1.54, 1.807) is 0 Å². The third-order valence-corrected chi connectivity index (χ3v) is 1.37. The molecule has 0 radical (unpaired) electrons. The summed E-state index contributed by atoms with van der Waals surface area (Å²) in [5, 5.41) is 0. The molecule has 0 aromatic heterocycles. The summed E-state index contributed by atoms with van der Waals surface area (Å²) in [6.45, 7) is 2.87. The average Bonchev–Trinajstić information content (AvgIpc) is 1.91. The monoisotopic (exact) mass is 131 g/mol. The van der Waals surface area contributed by atoms with E-state index in [0.29, 0.717) is 6.54 Å². The summed E-state index contributed by atoms with van der Waals surface area (Å²) < 4.78 is 10.5. The molecule has 54 valence electrons. The number of rotatable bonds is 2. The summed E-state index contributed by atoms with van der Waals surface area (Å²) >= 11 is 0. The van der Waals surface area contributed by atoms with Crippen LogP contribution in [0.3, 0.4) is 0 Å². The first-order valence-electron chi connectivity index (χ1n) is 3.33. The molecule has 1 saturated heterocycles. The van der Waals surface area contributed by atoms with Gasteiger partial charge in [0.15, 0.2) is 0 Å². The molecule has 1 fully saturated rings. The van der Waals surface area contributed by atoms with Crippen LogP contribution in [-0.4, -0.2) is 32.5 Å². The van der Waals surface area contributed by atoms with Crippen LogP contribution in [0.5, 0.6) is 0 Å². The Hall–Kier alpha value is -0.120. The molecule has 0 bridgehead atoms. The van der Waals surface area contributed by atoms with Gasteiger partial charge in [0.1, 0.15) is 0 Å². The van der Waals surface area contributed by atoms with E-state index in [1.165, 1.54) is 0 Å². The Morgan fingerprint density at radius 2 is 2.33 bits per heavy atom. The van der Waals surface area contributed by atoms with E-state index >= 15 is 0 Å². The zero-order valence-corrected chi connectivity index (χ0v) is 5.51. The maximum atomic E-state index is 5.32. The minimum atomic E-state index is 0.253. The van der Waals surface area contributed by atoms with E-state index in [2.05, 4.69) is 0 Å². The highest BCUT2D eigenvalue weighted by Crippen LogP contribution is 2.02. The Morgan fingerprint density at radius 3 is 2.89 bits per heavy atom. The minimum absolute atomic E-state index is 0.253. The van der Waals surface area contributed by atoms with E-state index in [9.17, 15) is 0 Å². The van der Waals surface area contributed by atoms with Crippen LogP contribution in [0.25, 0.3) is 0 Å². The van der Waals surface area contributed by atoms with Gasteiger partial charge >= 0.3 is 0 Å². The summed E-state index contributed by atoms with van der Waals surface area (Å²) in [5.41, 5.74) is 5.32. The Balaban J connectivity index is 2.08. The van der Waals surface area contributed by atoms with Gasteiger partial charge in [0.25, 0.3) is 0 Å². The molecule has 0 unspecified atom stereocenters. The van der Waals surface area contributed by atoms with Gasteiger partial charge in [0.05, 0.1) is 25.9 Å². The lowest BCUT2D eigenvalue weighted by Crippen LogP contribution is -2.30. The van der Waals surface area contributed by atoms with Gasteiger partial charge in [-0.15, -0.1) is 0 Å². The zero-order valence-electron chi connectivity index (χ0n) is 5.51. The van der Waals surface area contributed by atoms with Crippen molar-refractivity contribution in [2.75, 3.05) is 26.4 Å². The highest BCUT2D eigenvalue weighted by atomic mass is 16.6. The third-order valence-electron chi connectivity index (χ3n) is 1.37. The summed E-state index contributed by atoms with van der Waals surface area (Å²) in [7, 11) is 0. The highest BCUT2D eigenvalue weighted by molar-refractivity contribution is 4.60. The van der Waals surface area contributed by atoms with E-state index < -0.39 is 0 Å². The SMILES string of the molecule is NCC[C@@H]1COCCO1. The molecule has 1 heterocycles. The van der Waals surface area contributed by atoms with E-state index in [1.807, 2.05) is 0 Å². The van der Waals surface area contributed by atoms with Gasteiger partial charge in [-0.1, -0.05) is 0 Å². The molecule has 0 amide bonds. The predicted molar refractivity (Wildman–Crippen MR) is 34.2 cm³/mol. The Kier molecular flexibility index (Phi) is 2.97. The molecular formula is C6H13NO2. The second-order valence-electron chi connectivity index (χ2n) is 2.15. The molecule has 3 heteroatoms. The zero-order chi connectivity index (χ0) is 6.53. The van der Waals surface area contributed by atoms with Crippen LogP contribution >= 0.6 is 0 Å². The number of ether oxygens (including phenoxy) is 2. The first-order valence-corrected chi connectivity index (χ1v) is 3.33. The van der Waals surface area contributed by atoms with Gasteiger partial charge < -0.3 is 15.2 Å². The minimum Gasteiger partial charge on any atom is -0.376 e. The van der Waals surface area contributed by atoms with Gasteiger partial charge in [0, 0.05) is 0 Å². The van der Waals surface area contributed by atoms with Gasteiger partial charge in [-0.3, -0.25) is 0 Å². The maximum Gasteiger partial charge on any atom is 0.0821 e. The molecule has 1 aliphatic rings. The summed E-state index contributed by atoms with van der Waals surface area (Å²) in [4.78, 5) is 0. The second kappa shape index (κ2) is 3.82. The number of hydrogen-bond donors (Lipinski definition) is 1. The first kappa shape index (κ1) is 6.99. The highest BCUT2D eigenvalue weighted by Gasteiger charge is 2.11. The van der Waals surface area contributed by atoms with Crippen LogP contribution in [0.1, 0.15) is 6.42 Å². The molecule has 1 rings (SSSR count). The quantitative estimate of drug-likeness (QED) is 0.562. The molecular weight excluding hydrogens is 118 g/mol. The van der Waals surface area contributed by atoms with Crippen molar-refractivity contribution in [1.82, 2.24) is 0 Å². The Bertz CT molecular complexity index is 68.7. The Morgan fingerprint density at radius 1 is 1.44 bits per heavy atom. The molecule has 9 heavy (non-hydrogen) atoms. The molecule has 2 N–H and O–H groups in total. The van der Waals surface area contributed by atoms with Crippen LogP contribution in [0.2, 0.25) is 0 Å². The second-order valence-corrected chi connectivity index (χ2v) is 2.15. The third kappa shape index (κ3) is 2.30. The molecule has 0 spiro atoms. The summed E-state index contributed by atoms with van der Waals surface area (Å²) in [6.07, 6.45) is 1.17. The molecule has 0 aliphatic carbocycles. The van der Waals surface area contributed by atoms with Crippen LogP contribution in [0.15, 0.2) is 0 Å². The van der Waals surface area contributed by atoms with Crippen LogP contribution in [0.4, 0.5) is 0 Å². The lowest BCUT2D eigenvalue weighted by molar-refractivity contribution is -0.0895. The number of hydrogen-bond acceptors (Lipinski definition) is 3. The topological polar surface area (TPSA) is 44.5 Å².